The SMILES string of the molecule is CNCc1cn(-c2cc([N+](=O)[O-])ccc2Cl)nn1. The molecule has 0 fully saturated rings. The number of nitrogens with zero attached hydrogens (tertiary/aromatic N) is 4. The predicted octanol–water partition coefficient (Wildman–Crippen LogP) is 1.55. The smallest absolute Gasteiger partial charge is 0.271 e. The second kappa shape index (κ2) is 5.11. The molecule has 0 radical (unpaired) electrons. The Labute approximate surface area is 108 Å². The molecule has 1 N–H and O–H groups in total. The highest BCUT2D eigenvalue weighted by Gasteiger charge is 2.12. The maximum Gasteiger partial charge on any atom is 0.271 e. The number of halogens is 1. The zero-order valence-corrected chi connectivity index (χ0v) is 10.3. The van der Waals surface area contributed by atoms with Gasteiger partial charge in [-0.3, -0.25) is 10.1 Å². The van der Waals surface area contributed by atoms with Crippen molar-refractivity contribution in [1.82, 2.24) is 20.3 Å². The summed E-state index contributed by atoms with van der Waals surface area (Å²) in [7, 11) is 1.79. The summed E-state index contributed by atoms with van der Waals surface area (Å²) in [5, 5.41) is 21.8. The monoisotopic (exact) mass is 267 g/mol. The van der Waals surface area contributed by atoms with Crippen LogP contribution >= 0.6 is 11.6 Å². The van der Waals surface area contributed by atoms with Gasteiger partial charge < -0.3 is 5.32 Å². The molecule has 1 aromatic carbocycles. The Morgan fingerprint density at radius 2 is 2.33 bits per heavy atom. The highest BCUT2D eigenvalue weighted by atomic mass is 35.5. The average molecular weight is 268 g/mol. The molecule has 0 spiro atoms. The van der Waals surface area contributed by atoms with Crippen LogP contribution in [0.1, 0.15) is 5.69 Å². The molecule has 0 aliphatic carbocycles. The average Bonchev–Trinajstić information content (AvgIpc) is 2.78. The molecule has 0 unspecified atom stereocenters. The summed E-state index contributed by atoms with van der Waals surface area (Å²) in [5.41, 5.74) is 1.11. The van der Waals surface area contributed by atoms with Crippen molar-refractivity contribution in [3.63, 3.8) is 0 Å². The number of rotatable bonds is 4. The number of aromatic nitrogens is 3. The Bertz CT molecular complexity index is 583. The minimum atomic E-state index is -0.481. The summed E-state index contributed by atoms with van der Waals surface area (Å²) in [6, 6.07) is 4.17. The molecular weight excluding hydrogens is 258 g/mol. The van der Waals surface area contributed by atoms with Gasteiger partial charge >= 0.3 is 0 Å². The molecule has 2 rings (SSSR count). The second-order valence-electron chi connectivity index (χ2n) is 3.58. The van der Waals surface area contributed by atoms with Gasteiger partial charge in [-0.15, -0.1) is 5.10 Å². The summed E-state index contributed by atoms with van der Waals surface area (Å²) >= 11 is 5.99. The van der Waals surface area contributed by atoms with Gasteiger partial charge in [0.15, 0.2) is 0 Å². The van der Waals surface area contributed by atoms with E-state index in [1.807, 2.05) is 0 Å². The van der Waals surface area contributed by atoms with E-state index in [4.69, 9.17) is 11.6 Å². The zero-order valence-electron chi connectivity index (χ0n) is 9.50. The van der Waals surface area contributed by atoms with Crippen molar-refractivity contribution in [1.29, 1.82) is 0 Å². The third kappa shape index (κ3) is 2.47. The zero-order chi connectivity index (χ0) is 13.1. The topological polar surface area (TPSA) is 85.9 Å². The summed E-state index contributed by atoms with van der Waals surface area (Å²) in [6.07, 6.45) is 1.67. The Morgan fingerprint density at radius 1 is 1.56 bits per heavy atom. The van der Waals surface area contributed by atoms with Crippen LogP contribution in [0.4, 0.5) is 5.69 Å². The normalized spacial score (nSPS) is 10.6. The first-order valence-corrected chi connectivity index (χ1v) is 5.49. The fourth-order valence-electron chi connectivity index (χ4n) is 1.47. The van der Waals surface area contributed by atoms with Crippen LogP contribution < -0.4 is 5.32 Å². The molecule has 7 nitrogen and oxygen atoms in total. The molecule has 94 valence electrons. The van der Waals surface area contributed by atoms with Crippen LogP contribution in [0.5, 0.6) is 0 Å². The van der Waals surface area contributed by atoms with Crippen LogP contribution in [0.3, 0.4) is 0 Å². The van der Waals surface area contributed by atoms with Gasteiger partial charge in [0.1, 0.15) is 0 Å². The van der Waals surface area contributed by atoms with E-state index < -0.39 is 4.92 Å². The maximum atomic E-state index is 10.7. The van der Waals surface area contributed by atoms with Crippen molar-refractivity contribution in [3.8, 4) is 5.69 Å². The molecule has 8 heteroatoms. The molecule has 0 bridgehead atoms. The number of nitro benzene ring substituents is 1. The van der Waals surface area contributed by atoms with Crippen molar-refractivity contribution in [2.45, 2.75) is 6.54 Å². The number of hydrogen-bond acceptors (Lipinski definition) is 5. The van der Waals surface area contributed by atoms with E-state index in [1.54, 1.807) is 13.2 Å². The minimum absolute atomic E-state index is 0.0416. The first-order chi connectivity index (χ1) is 8.61. The van der Waals surface area contributed by atoms with Gasteiger partial charge in [-0.1, -0.05) is 16.8 Å². The minimum Gasteiger partial charge on any atom is -0.314 e. The second-order valence-corrected chi connectivity index (χ2v) is 3.98. The molecule has 0 saturated carbocycles. The first-order valence-electron chi connectivity index (χ1n) is 5.12. The lowest BCUT2D eigenvalue weighted by molar-refractivity contribution is -0.384. The molecule has 1 aromatic heterocycles. The van der Waals surface area contributed by atoms with Gasteiger partial charge in [0.25, 0.3) is 5.69 Å². The lowest BCUT2D eigenvalue weighted by atomic mass is 10.3. The molecule has 0 aliphatic heterocycles. The Kier molecular flexibility index (Phi) is 3.54. The summed E-state index contributed by atoms with van der Waals surface area (Å²) in [5.74, 6) is 0. The molecule has 18 heavy (non-hydrogen) atoms. The number of benzene rings is 1. The number of nitro groups is 1. The highest BCUT2D eigenvalue weighted by molar-refractivity contribution is 6.32. The first kappa shape index (κ1) is 12.5. The molecular formula is C10H10ClN5O2. The summed E-state index contributed by atoms with van der Waals surface area (Å²) in [6.45, 7) is 0.562. The third-order valence-corrected chi connectivity index (χ3v) is 2.61. The van der Waals surface area contributed by atoms with Crippen molar-refractivity contribution in [2.75, 3.05) is 7.05 Å². The van der Waals surface area contributed by atoms with Gasteiger partial charge in [0, 0.05) is 18.7 Å². The van der Waals surface area contributed by atoms with Crippen LogP contribution in [-0.4, -0.2) is 27.0 Å². The Hall–Kier alpha value is -1.99. The number of nitrogens with one attached hydrogen (secondary N) is 1. The summed E-state index contributed by atoms with van der Waals surface area (Å²) in [4.78, 5) is 10.2. The predicted molar refractivity (Wildman–Crippen MR) is 65.8 cm³/mol. The van der Waals surface area contributed by atoms with Gasteiger partial charge in [-0.05, 0) is 13.1 Å². The van der Waals surface area contributed by atoms with Gasteiger partial charge in [0.2, 0.25) is 0 Å². The number of non-ortho nitro benzene ring substituents is 1. The van der Waals surface area contributed by atoms with Crippen LogP contribution in [0.25, 0.3) is 5.69 Å². The fourth-order valence-corrected chi connectivity index (χ4v) is 1.67. The quantitative estimate of drug-likeness (QED) is 0.671. The largest absolute Gasteiger partial charge is 0.314 e. The van der Waals surface area contributed by atoms with E-state index in [2.05, 4.69) is 15.6 Å². The van der Waals surface area contributed by atoms with Crippen LogP contribution in [0.2, 0.25) is 5.02 Å². The lowest BCUT2D eigenvalue weighted by Gasteiger charge is -2.02. The Balaban J connectivity index is 2.41. The highest BCUT2D eigenvalue weighted by Crippen LogP contribution is 2.24. The van der Waals surface area contributed by atoms with E-state index >= 15 is 0 Å². The van der Waals surface area contributed by atoms with Gasteiger partial charge in [0.05, 0.1) is 27.5 Å². The summed E-state index contributed by atoms with van der Waals surface area (Å²) < 4.78 is 1.42. The van der Waals surface area contributed by atoms with Crippen molar-refractivity contribution < 1.29 is 4.92 Å². The molecule has 0 saturated heterocycles. The molecule has 0 atom stereocenters. The third-order valence-electron chi connectivity index (χ3n) is 2.29. The molecule has 2 aromatic rings. The van der Waals surface area contributed by atoms with E-state index in [1.165, 1.54) is 22.9 Å². The Morgan fingerprint density at radius 3 is 3.00 bits per heavy atom. The van der Waals surface area contributed by atoms with Crippen LogP contribution in [-0.2, 0) is 6.54 Å². The van der Waals surface area contributed by atoms with E-state index in [0.717, 1.165) is 5.69 Å². The van der Waals surface area contributed by atoms with Crippen LogP contribution in [0.15, 0.2) is 24.4 Å². The molecule has 1 heterocycles. The van der Waals surface area contributed by atoms with Gasteiger partial charge in [-0.25, -0.2) is 4.68 Å². The lowest BCUT2D eigenvalue weighted by Crippen LogP contribution is -2.05. The molecule has 0 aliphatic rings. The van der Waals surface area contributed by atoms with Crippen molar-refractivity contribution >= 4 is 17.3 Å². The van der Waals surface area contributed by atoms with E-state index in [9.17, 15) is 10.1 Å². The standard InChI is InChI=1S/C10H10ClN5O2/c1-12-5-7-6-15(14-13-7)10-4-8(16(17)18)2-3-9(10)11/h2-4,6,12H,5H2,1H3. The van der Waals surface area contributed by atoms with Gasteiger partial charge in [-0.2, -0.15) is 0 Å². The van der Waals surface area contributed by atoms with E-state index in [-0.39, 0.29) is 5.69 Å². The van der Waals surface area contributed by atoms with Crippen molar-refractivity contribution in [3.05, 3.63) is 45.2 Å². The van der Waals surface area contributed by atoms with E-state index in [0.29, 0.717) is 17.3 Å². The fraction of sp³-hybridized carbons (Fsp3) is 0.200. The van der Waals surface area contributed by atoms with Crippen molar-refractivity contribution in [2.24, 2.45) is 0 Å². The maximum absolute atomic E-state index is 10.7. The number of hydrogen-bond donors (Lipinski definition) is 1. The van der Waals surface area contributed by atoms with Crippen LogP contribution in [0, 0.1) is 10.1 Å². The molecule has 0 amide bonds.